The van der Waals surface area contributed by atoms with Crippen molar-refractivity contribution in [3.8, 4) is 11.1 Å². The van der Waals surface area contributed by atoms with Crippen LogP contribution in [0.2, 0.25) is 0 Å². The summed E-state index contributed by atoms with van der Waals surface area (Å²) in [6.45, 7) is 0. The summed E-state index contributed by atoms with van der Waals surface area (Å²) in [6, 6.07) is 30.6. The first-order valence-corrected chi connectivity index (χ1v) is 13.2. The number of thioether (sulfide) groups is 1. The Bertz CT molecular complexity index is 1560. The lowest BCUT2D eigenvalue weighted by molar-refractivity contribution is -0.384. The number of nitrogens with zero attached hydrogens (tertiary/aromatic N) is 2. The quantitative estimate of drug-likeness (QED) is 0.150. The molecule has 38 heavy (non-hydrogen) atoms. The molecule has 2 amide bonds. The molecule has 1 saturated heterocycles. The number of benzene rings is 4. The fourth-order valence-electron chi connectivity index (χ4n) is 4.03. The van der Waals surface area contributed by atoms with Gasteiger partial charge in [0.25, 0.3) is 17.5 Å². The lowest BCUT2D eigenvalue weighted by Gasteiger charge is -2.24. The van der Waals surface area contributed by atoms with E-state index in [4.69, 9.17) is 0 Å². The zero-order chi connectivity index (χ0) is 26.6. The number of hydrogen-bond acceptors (Lipinski definition) is 5. The van der Waals surface area contributed by atoms with E-state index < -0.39 is 22.1 Å². The van der Waals surface area contributed by atoms with Crippen molar-refractivity contribution in [3.05, 3.63) is 139 Å². The SMILES string of the molecule is O=C(NN1C(=O)/C(=C/c2cccc([N+](=O)[O-])c2)SC1c1cccc(Br)c1)c1ccc(-c2ccccc2)cc1. The van der Waals surface area contributed by atoms with Gasteiger partial charge in [0, 0.05) is 22.2 Å². The fraction of sp³-hybridized carbons (Fsp3) is 0.0345. The van der Waals surface area contributed by atoms with Crippen LogP contribution in [-0.2, 0) is 4.79 Å². The molecule has 7 nitrogen and oxygen atoms in total. The van der Waals surface area contributed by atoms with Gasteiger partial charge in [0.15, 0.2) is 0 Å². The monoisotopic (exact) mass is 585 g/mol. The summed E-state index contributed by atoms with van der Waals surface area (Å²) in [7, 11) is 0. The first kappa shape index (κ1) is 25.4. The molecule has 4 aromatic carbocycles. The maximum atomic E-state index is 13.5. The number of rotatable bonds is 6. The predicted molar refractivity (Wildman–Crippen MR) is 152 cm³/mol. The lowest BCUT2D eigenvalue weighted by Crippen LogP contribution is -2.44. The van der Waals surface area contributed by atoms with Crippen molar-refractivity contribution in [2.45, 2.75) is 5.37 Å². The molecule has 0 saturated carbocycles. The van der Waals surface area contributed by atoms with Gasteiger partial charge in [-0.2, -0.15) is 0 Å². The van der Waals surface area contributed by atoms with E-state index in [1.54, 1.807) is 30.3 Å². The highest BCUT2D eigenvalue weighted by Crippen LogP contribution is 2.45. The van der Waals surface area contributed by atoms with Crippen LogP contribution >= 0.6 is 27.7 Å². The molecule has 1 fully saturated rings. The average molecular weight is 586 g/mol. The van der Waals surface area contributed by atoms with E-state index in [0.717, 1.165) is 21.2 Å². The van der Waals surface area contributed by atoms with Crippen LogP contribution in [0.25, 0.3) is 17.2 Å². The second-order valence-corrected chi connectivity index (χ2v) is 10.5. The molecule has 1 heterocycles. The summed E-state index contributed by atoms with van der Waals surface area (Å²) < 4.78 is 0.835. The van der Waals surface area contributed by atoms with Gasteiger partial charge < -0.3 is 0 Å². The van der Waals surface area contributed by atoms with Crippen LogP contribution in [0.3, 0.4) is 0 Å². The zero-order valence-electron chi connectivity index (χ0n) is 19.8. The standard InChI is InChI=1S/C29H20BrN3O4S/c30-24-10-5-9-23(18-24)29-32(28(35)26(38-29)17-19-6-4-11-25(16-19)33(36)37)31-27(34)22-14-12-21(13-15-22)20-7-2-1-3-8-20/h1-18,29H,(H,31,34)/b26-17-. The van der Waals surface area contributed by atoms with E-state index in [0.29, 0.717) is 16.0 Å². The number of non-ortho nitro benzene ring substituents is 1. The van der Waals surface area contributed by atoms with Crippen LogP contribution in [0, 0.1) is 10.1 Å². The average Bonchev–Trinajstić information content (AvgIpc) is 3.24. The van der Waals surface area contributed by atoms with E-state index in [-0.39, 0.29) is 5.69 Å². The smallest absolute Gasteiger partial charge is 0.267 e. The molecular formula is C29H20BrN3O4S. The minimum atomic E-state index is -0.530. The van der Waals surface area contributed by atoms with E-state index in [1.807, 2.05) is 66.7 Å². The number of carbonyl (C=O) groups is 2. The normalized spacial score (nSPS) is 16.0. The molecule has 4 aromatic rings. The van der Waals surface area contributed by atoms with Gasteiger partial charge in [-0.05, 0) is 52.6 Å². The molecule has 1 N–H and O–H groups in total. The second kappa shape index (κ2) is 11.0. The van der Waals surface area contributed by atoms with Gasteiger partial charge in [-0.15, -0.1) is 0 Å². The number of carbonyl (C=O) groups excluding carboxylic acids is 2. The van der Waals surface area contributed by atoms with E-state index in [2.05, 4.69) is 21.4 Å². The molecule has 1 atom stereocenters. The van der Waals surface area contributed by atoms with E-state index in [9.17, 15) is 19.7 Å². The Labute approximate surface area is 231 Å². The maximum absolute atomic E-state index is 13.5. The third-order valence-corrected chi connectivity index (χ3v) is 7.64. The van der Waals surface area contributed by atoms with Gasteiger partial charge in [0.2, 0.25) is 0 Å². The molecule has 0 radical (unpaired) electrons. The zero-order valence-corrected chi connectivity index (χ0v) is 22.2. The number of amides is 2. The molecule has 1 aliphatic rings. The minimum absolute atomic E-state index is 0.0672. The van der Waals surface area contributed by atoms with Crippen molar-refractivity contribution >= 4 is 51.3 Å². The molecule has 1 unspecified atom stereocenters. The molecule has 0 bridgehead atoms. The Hall–Kier alpha value is -4.21. The van der Waals surface area contributed by atoms with Gasteiger partial charge in [0.05, 0.1) is 9.83 Å². The van der Waals surface area contributed by atoms with Crippen LogP contribution in [0.15, 0.2) is 113 Å². The van der Waals surface area contributed by atoms with E-state index >= 15 is 0 Å². The molecule has 0 aliphatic carbocycles. The Kier molecular flexibility index (Phi) is 7.39. The number of nitrogens with one attached hydrogen (secondary N) is 1. The summed E-state index contributed by atoms with van der Waals surface area (Å²) in [4.78, 5) is 37.7. The summed E-state index contributed by atoms with van der Waals surface area (Å²) in [5, 5.41) is 12.0. The Morgan fingerprint density at radius 1 is 0.921 bits per heavy atom. The highest BCUT2D eigenvalue weighted by atomic mass is 79.9. The number of halogens is 1. The van der Waals surface area contributed by atoms with Gasteiger partial charge in [0.1, 0.15) is 5.37 Å². The summed E-state index contributed by atoms with van der Waals surface area (Å²) in [6.07, 6.45) is 1.60. The number of nitro benzene ring substituents is 1. The van der Waals surface area contributed by atoms with Gasteiger partial charge in [-0.1, -0.05) is 94.4 Å². The Morgan fingerprint density at radius 2 is 1.63 bits per heavy atom. The van der Waals surface area contributed by atoms with Crippen molar-refractivity contribution in [1.82, 2.24) is 10.4 Å². The number of hydrazine groups is 1. The Morgan fingerprint density at radius 3 is 2.34 bits per heavy atom. The van der Waals surface area contributed by atoms with Crippen molar-refractivity contribution in [2.24, 2.45) is 0 Å². The first-order chi connectivity index (χ1) is 18.4. The van der Waals surface area contributed by atoms with Crippen LogP contribution in [0.5, 0.6) is 0 Å². The molecule has 0 aromatic heterocycles. The van der Waals surface area contributed by atoms with Crippen molar-refractivity contribution in [2.75, 3.05) is 0 Å². The predicted octanol–water partition coefficient (Wildman–Crippen LogP) is 6.98. The van der Waals surface area contributed by atoms with Crippen molar-refractivity contribution < 1.29 is 14.5 Å². The molecular weight excluding hydrogens is 566 g/mol. The van der Waals surface area contributed by atoms with Gasteiger partial charge in [-0.3, -0.25) is 25.1 Å². The molecule has 1 aliphatic heterocycles. The van der Waals surface area contributed by atoms with Gasteiger partial charge >= 0.3 is 0 Å². The molecule has 0 spiro atoms. The maximum Gasteiger partial charge on any atom is 0.280 e. The van der Waals surface area contributed by atoms with Crippen LogP contribution in [-0.4, -0.2) is 21.7 Å². The fourth-order valence-corrected chi connectivity index (χ4v) is 5.63. The third-order valence-electron chi connectivity index (χ3n) is 5.89. The highest BCUT2D eigenvalue weighted by Gasteiger charge is 2.39. The van der Waals surface area contributed by atoms with Crippen LogP contribution < -0.4 is 5.43 Å². The second-order valence-electron chi connectivity index (χ2n) is 8.45. The molecule has 188 valence electrons. The summed E-state index contributed by atoms with van der Waals surface area (Å²) in [5.74, 6) is -0.823. The largest absolute Gasteiger partial charge is 0.280 e. The van der Waals surface area contributed by atoms with Crippen molar-refractivity contribution in [3.63, 3.8) is 0 Å². The van der Waals surface area contributed by atoms with Crippen LogP contribution in [0.1, 0.15) is 26.9 Å². The molecule has 5 rings (SSSR count). The Balaban J connectivity index is 1.43. The number of hydrogen-bond donors (Lipinski definition) is 1. The molecule has 9 heteroatoms. The van der Waals surface area contributed by atoms with Crippen LogP contribution in [0.4, 0.5) is 5.69 Å². The summed E-state index contributed by atoms with van der Waals surface area (Å²) in [5.41, 5.74) is 6.46. The highest BCUT2D eigenvalue weighted by molar-refractivity contribution is 9.10. The summed E-state index contributed by atoms with van der Waals surface area (Å²) >= 11 is 4.74. The third kappa shape index (κ3) is 5.53. The van der Waals surface area contributed by atoms with Crippen molar-refractivity contribution in [1.29, 1.82) is 0 Å². The topological polar surface area (TPSA) is 92.6 Å². The first-order valence-electron chi connectivity index (χ1n) is 11.6. The van der Waals surface area contributed by atoms with Gasteiger partial charge in [-0.25, -0.2) is 5.01 Å². The minimum Gasteiger partial charge on any atom is -0.267 e. The number of nitro groups is 1. The lowest BCUT2D eigenvalue weighted by atomic mass is 10.0. The van der Waals surface area contributed by atoms with E-state index in [1.165, 1.54) is 28.9 Å².